The zero-order valence-corrected chi connectivity index (χ0v) is 8.36. The molecule has 2 aromatic heterocycles. The highest BCUT2D eigenvalue weighted by Gasteiger charge is 1.94. The normalized spacial score (nSPS) is 9.46. The van der Waals surface area contributed by atoms with E-state index in [1.54, 1.807) is 6.20 Å². The highest BCUT2D eigenvalue weighted by atomic mass is 15.2. The minimum absolute atomic E-state index is 0.954. The van der Waals surface area contributed by atoms with Gasteiger partial charge in [0.2, 0.25) is 0 Å². The van der Waals surface area contributed by atoms with Crippen LogP contribution in [0.25, 0.3) is 5.52 Å². The fraction of sp³-hybridized carbons (Fsp3) is 0.400. The lowest BCUT2D eigenvalue weighted by Gasteiger charge is -1.95. The average molecular weight is 177 g/mol. The molecule has 0 N–H and O–H groups in total. The molecular weight excluding hydrogens is 162 g/mol. The Morgan fingerprint density at radius 3 is 2.85 bits per heavy atom. The first kappa shape index (κ1) is 9.71. The van der Waals surface area contributed by atoms with Crippen LogP contribution in [0.4, 0.5) is 0 Å². The van der Waals surface area contributed by atoms with Crippen molar-refractivity contribution >= 4 is 5.52 Å². The van der Waals surface area contributed by atoms with Gasteiger partial charge in [-0.2, -0.15) is 5.10 Å². The van der Waals surface area contributed by atoms with Crippen LogP contribution >= 0.6 is 0 Å². The maximum atomic E-state index is 4.24. The smallest absolute Gasteiger partial charge is 0.0845 e. The second-order valence-electron chi connectivity index (χ2n) is 2.43. The number of nitrogens with zero attached hydrogens (tertiary/aromatic N) is 3. The van der Waals surface area contributed by atoms with Crippen LogP contribution in [-0.2, 0) is 6.42 Å². The first-order valence-electron chi connectivity index (χ1n) is 4.68. The number of rotatable bonds is 1. The van der Waals surface area contributed by atoms with Gasteiger partial charge in [-0.1, -0.05) is 20.8 Å². The third-order valence-corrected chi connectivity index (χ3v) is 1.70. The van der Waals surface area contributed by atoms with Crippen LogP contribution in [0.1, 0.15) is 26.5 Å². The Morgan fingerprint density at radius 1 is 1.38 bits per heavy atom. The van der Waals surface area contributed by atoms with Crippen LogP contribution in [-0.4, -0.2) is 14.6 Å². The molecule has 3 nitrogen and oxygen atoms in total. The second-order valence-corrected chi connectivity index (χ2v) is 2.43. The van der Waals surface area contributed by atoms with Gasteiger partial charge in [0.25, 0.3) is 0 Å². The predicted octanol–water partition coefficient (Wildman–Crippen LogP) is 2.32. The highest BCUT2D eigenvalue weighted by Crippen LogP contribution is 2.01. The molecule has 2 aromatic rings. The zero-order chi connectivity index (χ0) is 9.68. The summed E-state index contributed by atoms with van der Waals surface area (Å²) < 4.78 is 1.84. The van der Waals surface area contributed by atoms with Crippen molar-refractivity contribution in [3.05, 3.63) is 30.4 Å². The van der Waals surface area contributed by atoms with E-state index in [1.165, 1.54) is 0 Å². The van der Waals surface area contributed by atoms with Crippen molar-refractivity contribution in [1.82, 2.24) is 14.6 Å². The summed E-state index contributed by atoms with van der Waals surface area (Å²) in [6.45, 7) is 6.08. The molecule has 2 rings (SSSR count). The molecule has 0 saturated carbocycles. The van der Waals surface area contributed by atoms with E-state index in [0.717, 1.165) is 17.6 Å². The molecule has 3 heteroatoms. The molecule has 0 aliphatic carbocycles. The Balaban J connectivity index is 0.000000396. The van der Waals surface area contributed by atoms with Crippen molar-refractivity contribution in [3.63, 3.8) is 0 Å². The largest absolute Gasteiger partial charge is 0.257 e. The van der Waals surface area contributed by atoms with Crippen molar-refractivity contribution < 1.29 is 0 Å². The van der Waals surface area contributed by atoms with Gasteiger partial charge in [-0.05, 0) is 12.5 Å². The molecule has 0 aromatic carbocycles. The lowest BCUT2D eigenvalue weighted by atomic mass is 10.3. The Hall–Kier alpha value is -1.38. The zero-order valence-electron chi connectivity index (χ0n) is 8.36. The summed E-state index contributed by atoms with van der Waals surface area (Å²) in [5.74, 6) is 0. The minimum Gasteiger partial charge on any atom is -0.257 e. The van der Waals surface area contributed by atoms with Crippen LogP contribution in [0.15, 0.2) is 24.7 Å². The first-order valence-corrected chi connectivity index (χ1v) is 4.68. The van der Waals surface area contributed by atoms with Crippen molar-refractivity contribution in [3.8, 4) is 0 Å². The van der Waals surface area contributed by atoms with Gasteiger partial charge in [0, 0.05) is 0 Å². The maximum Gasteiger partial charge on any atom is 0.0845 e. The molecule has 13 heavy (non-hydrogen) atoms. The van der Waals surface area contributed by atoms with Crippen molar-refractivity contribution in [2.45, 2.75) is 27.2 Å². The Morgan fingerprint density at radius 2 is 2.15 bits per heavy atom. The van der Waals surface area contributed by atoms with Gasteiger partial charge in [-0.15, -0.1) is 0 Å². The van der Waals surface area contributed by atoms with E-state index in [0.29, 0.717) is 0 Å². The molecule has 0 bridgehead atoms. The van der Waals surface area contributed by atoms with Gasteiger partial charge < -0.3 is 0 Å². The summed E-state index contributed by atoms with van der Waals surface area (Å²) in [5.41, 5.74) is 2.11. The van der Waals surface area contributed by atoms with Gasteiger partial charge in [0.1, 0.15) is 0 Å². The first-order chi connectivity index (χ1) is 6.40. The fourth-order valence-corrected chi connectivity index (χ4v) is 1.04. The Bertz CT molecular complexity index is 365. The van der Waals surface area contributed by atoms with E-state index < -0.39 is 0 Å². The summed E-state index contributed by atoms with van der Waals surface area (Å²) in [6, 6.07) is 1.94. The van der Waals surface area contributed by atoms with Crippen LogP contribution in [0.3, 0.4) is 0 Å². The quantitative estimate of drug-likeness (QED) is 0.669. The Kier molecular flexibility index (Phi) is 3.43. The fourth-order valence-electron chi connectivity index (χ4n) is 1.04. The van der Waals surface area contributed by atoms with Crippen molar-refractivity contribution in [1.29, 1.82) is 0 Å². The molecule has 0 aliphatic rings. The van der Waals surface area contributed by atoms with Gasteiger partial charge in [0.05, 0.1) is 29.8 Å². The molecule has 2 heterocycles. The van der Waals surface area contributed by atoms with E-state index in [1.807, 2.05) is 36.8 Å². The van der Waals surface area contributed by atoms with Crippen LogP contribution in [0, 0.1) is 0 Å². The standard InChI is InChI=1S/C8H9N3.C2H6/c1-2-7-6-11-8(5-9-7)3-4-10-11;1-2/h3-6H,2H2,1H3;1-2H3. The molecule has 0 aliphatic heterocycles. The van der Waals surface area contributed by atoms with Gasteiger partial charge in [-0.25, -0.2) is 4.52 Å². The number of hydrogen-bond donors (Lipinski definition) is 0. The van der Waals surface area contributed by atoms with E-state index in [9.17, 15) is 0 Å². The SMILES string of the molecule is CC.CCc1cn2nccc2cn1. The minimum atomic E-state index is 0.954. The van der Waals surface area contributed by atoms with Gasteiger partial charge in [0.15, 0.2) is 0 Å². The molecule has 0 amide bonds. The summed E-state index contributed by atoms with van der Waals surface area (Å²) in [4.78, 5) is 4.24. The van der Waals surface area contributed by atoms with Gasteiger partial charge >= 0.3 is 0 Å². The molecule has 0 atom stereocenters. The van der Waals surface area contributed by atoms with Crippen molar-refractivity contribution in [2.75, 3.05) is 0 Å². The molecule has 0 saturated heterocycles. The molecule has 0 unspecified atom stereocenters. The van der Waals surface area contributed by atoms with E-state index >= 15 is 0 Å². The lowest BCUT2D eigenvalue weighted by molar-refractivity contribution is 0.900. The average Bonchev–Trinajstić information content (AvgIpc) is 2.67. The summed E-state index contributed by atoms with van der Waals surface area (Å²) in [7, 11) is 0. The van der Waals surface area contributed by atoms with E-state index in [2.05, 4.69) is 17.0 Å². The van der Waals surface area contributed by atoms with Crippen LogP contribution < -0.4 is 0 Å². The number of fused-ring (bicyclic) bond motifs is 1. The third kappa shape index (κ3) is 2.05. The van der Waals surface area contributed by atoms with Crippen molar-refractivity contribution in [2.24, 2.45) is 0 Å². The molecule has 70 valence electrons. The summed E-state index contributed by atoms with van der Waals surface area (Å²) in [6.07, 6.45) is 6.52. The predicted molar refractivity (Wildman–Crippen MR) is 53.7 cm³/mol. The molecule has 0 fully saturated rings. The lowest BCUT2D eigenvalue weighted by Crippen LogP contribution is -1.92. The Labute approximate surface area is 78.4 Å². The highest BCUT2D eigenvalue weighted by molar-refractivity contribution is 5.42. The number of aromatic nitrogens is 3. The maximum absolute atomic E-state index is 4.24. The summed E-state index contributed by atoms with van der Waals surface area (Å²) >= 11 is 0. The molecule has 0 spiro atoms. The topological polar surface area (TPSA) is 30.2 Å². The van der Waals surface area contributed by atoms with Gasteiger partial charge in [-0.3, -0.25) is 4.98 Å². The van der Waals surface area contributed by atoms with E-state index in [-0.39, 0.29) is 0 Å². The van der Waals surface area contributed by atoms with Crippen LogP contribution in [0.5, 0.6) is 0 Å². The third-order valence-electron chi connectivity index (χ3n) is 1.70. The number of hydrogen-bond acceptors (Lipinski definition) is 2. The molecular formula is C10H15N3. The molecule has 0 radical (unpaired) electrons. The van der Waals surface area contributed by atoms with E-state index in [4.69, 9.17) is 0 Å². The second kappa shape index (κ2) is 4.60. The summed E-state index contributed by atoms with van der Waals surface area (Å²) in [5, 5.41) is 4.10. The monoisotopic (exact) mass is 177 g/mol. The number of aryl methyl sites for hydroxylation is 1. The van der Waals surface area contributed by atoms with Crippen LogP contribution in [0.2, 0.25) is 0 Å².